The van der Waals surface area contributed by atoms with Crippen LogP contribution in [0.15, 0.2) is 17.5 Å². The Morgan fingerprint density at radius 2 is 2.21 bits per heavy atom. The van der Waals surface area contributed by atoms with Gasteiger partial charge in [0.2, 0.25) is 0 Å². The van der Waals surface area contributed by atoms with Crippen molar-refractivity contribution < 1.29 is 5.11 Å². The molecule has 0 atom stereocenters. The van der Waals surface area contributed by atoms with Gasteiger partial charge >= 0.3 is 0 Å². The van der Waals surface area contributed by atoms with Crippen LogP contribution in [0, 0.1) is 3.57 Å². The van der Waals surface area contributed by atoms with Gasteiger partial charge in [-0.05, 0) is 57.0 Å². The summed E-state index contributed by atoms with van der Waals surface area (Å²) in [4.78, 5) is 0. The fourth-order valence-corrected chi connectivity index (χ4v) is 3.54. The normalized spacial score (nSPS) is 11.1. The number of hydrogen-bond acceptors (Lipinski definition) is 2. The zero-order valence-electron chi connectivity index (χ0n) is 7.88. The van der Waals surface area contributed by atoms with E-state index in [0.717, 1.165) is 12.0 Å². The van der Waals surface area contributed by atoms with Crippen LogP contribution in [0.5, 0.6) is 0 Å². The highest BCUT2D eigenvalue weighted by Gasteiger charge is 2.09. The largest absolute Gasteiger partial charge is 0.392 e. The van der Waals surface area contributed by atoms with Crippen molar-refractivity contribution in [3.05, 3.63) is 32.2 Å². The van der Waals surface area contributed by atoms with E-state index in [2.05, 4.69) is 47.0 Å². The van der Waals surface area contributed by atoms with Gasteiger partial charge in [0, 0.05) is 8.27 Å². The van der Waals surface area contributed by atoms with Crippen molar-refractivity contribution in [1.29, 1.82) is 0 Å². The predicted molar refractivity (Wildman–Crippen MR) is 69.8 cm³/mol. The molecule has 0 amide bonds. The predicted octanol–water partition coefficient (Wildman–Crippen LogP) is 3.56. The number of benzene rings is 1. The molecule has 0 unspecified atom stereocenters. The van der Waals surface area contributed by atoms with Crippen LogP contribution in [-0.2, 0) is 13.0 Å². The van der Waals surface area contributed by atoms with E-state index in [0.29, 0.717) is 0 Å². The molecule has 74 valence electrons. The Hall–Kier alpha value is -0.130. The monoisotopic (exact) mass is 318 g/mol. The lowest BCUT2D eigenvalue weighted by molar-refractivity contribution is 0.281. The topological polar surface area (TPSA) is 20.2 Å². The van der Waals surface area contributed by atoms with Gasteiger partial charge in [-0.15, -0.1) is 11.3 Å². The molecule has 0 aliphatic heterocycles. The minimum atomic E-state index is 0.138. The number of halogens is 1. The summed E-state index contributed by atoms with van der Waals surface area (Å²) in [5.74, 6) is 0. The number of rotatable bonds is 2. The molecule has 3 heteroatoms. The first-order chi connectivity index (χ1) is 6.77. The molecule has 0 aliphatic rings. The minimum Gasteiger partial charge on any atom is -0.392 e. The molecule has 14 heavy (non-hydrogen) atoms. The molecule has 2 rings (SSSR count). The van der Waals surface area contributed by atoms with Crippen molar-refractivity contribution in [2.24, 2.45) is 0 Å². The number of fused-ring (bicyclic) bond motifs is 1. The molecule has 1 nitrogen and oxygen atoms in total. The van der Waals surface area contributed by atoms with Crippen LogP contribution in [0.1, 0.15) is 18.1 Å². The van der Waals surface area contributed by atoms with Crippen molar-refractivity contribution in [3.8, 4) is 0 Å². The molecule has 0 bridgehead atoms. The van der Waals surface area contributed by atoms with Crippen LogP contribution in [0.25, 0.3) is 10.1 Å². The summed E-state index contributed by atoms with van der Waals surface area (Å²) in [5, 5.41) is 12.7. The SMILES string of the molecule is CCc1cc(CO)c(I)c2sccc12. The van der Waals surface area contributed by atoms with Crippen LogP contribution in [0.4, 0.5) is 0 Å². The number of hydrogen-bond donors (Lipinski definition) is 1. The van der Waals surface area contributed by atoms with E-state index in [4.69, 9.17) is 0 Å². The lowest BCUT2D eigenvalue weighted by Crippen LogP contribution is -1.92. The van der Waals surface area contributed by atoms with Gasteiger partial charge in [-0.25, -0.2) is 0 Å². The fraction of sp³-hybridized carbons (Fsp3) is 0.273. The van der Waals surface area contributed by atoms with Crippen LogP contribution in [0.3, 0.4) is 0 Å². The summed E-state index contributed by atoms with van der Waals surface area (Å²) in [6.45, 7) is 2.29. The Morgan fingerprint density at radius 3 is 2.86 bits per heavy atom. The van der Waals surface area contributed by atoms with E-state index in [1.54, 1.807) is 11.3 Å². The summed E-state index contributed by atoms with van der Waals surface area (Å²) in [6, 6.07) is 4.29. The van der Waals surface area contributed by atoms with Gasteiger partial charge in [-0.2, -0.15) is 0 Å². The van der Waals surface area contributed by atoms with Gasteiger partial charge in [-0.3, -0.25) is 0 Å². The maximum Gasteiger partial charge on any atom is 0.0692 e. The average Bonchev–Trinajstić information content (AvgIpc) is 2.68. The molecule has 0 saturated heterocycles. The first kappa shape index (κ1) is 10.4. The third-order valence-corrected chi connectivity index (χ3v) is 4.92. The zero-order valence-corrected chi connectivity index (χ0v) is 10.9. The maximum absolute atomic E-state index is 9.24. The molecule has 0 fully saturated rings. The summed E-state index contributed by atoms with van der Waals surface area (Å²) >= 11 is 4.07. The standard InChI is InChI=1S/C11H11IOS/c1-2-7-5-8(6-13)10(12)11-9(7)3-4-14-11/h3-5,13H,2,6H2,1H3. The molecule has 1 aromatic carbocycles. The molecule has 2 aromatic rings. The Bertz CT molecular complexity index is 462. The fourth-order valence-electron chi connectivity index (χ4n) is 1.64. The highest BCUT2D eigenvalue weighted by Crippen LogP contribution is 2.32. The summed E-state index contributed by atoms with van der Waals surface area (Å²) in [5.41, 5.74) is 2.39. The second kappa shape index (κ2) is 4.16. The molecular weight excluding hydrogens is 307 g/mol. The van der Waals surface area contributed by atoms with E-state index in [-0.39, 0.29) is 6.61 Å². The lowest BCUT2D eigenvalue weighted by Gasteiger charge is -2.06. The van der Waals surface area contributed by atoms with E-state index >= 15 is 0 Å². The Balaban J connectivity index is 2.80. The van der Waals surface area contributed by atoms with Gasteiger partial charge in [0.15, 0.2) is 0 Å². The van der Waals surface area contributed by atoms with Crippen LogP contribution in [0.2, 0.25) is 0 Å². The molecule has 1 N–H and O–H groups in total. The van der Waals surface area contributed by atoms with E-state index in [1.807, 2.05) is 0 Å². The Kier molecular flexibility index (Phi) is 3.09. The zero-order chi connectivity index (χ0) is 10.1. The molecular formula is C11H11IOS. The Morgan fingerprint density at radius 1 is 1.43 bits per heavy atom. The Labute approximate surface area is 101 Å². The molecule has 0 spiro atoms. The molecule has 0 aliphatic carbocycles. The van der Waals surface area contributed by atoms with Gasteiger partial charge in [0.1, 0.15) is 0 Å². The molecule has 0 saturated carbocycles. The second-order valence-electron chi connectivity index (χ2n) is 3.18. The van der Waals surface area contributed by atoms with E-state index in [9.17, 15) is 5.11 Å². The summed E-state index contributed by atoms with van der Waals surface area (Å²) < 4.78 is 2.52. The van der Waals surface area contributed by atoms with E-state index < -0.39 is 0 Å². The molecule has 1 aromatic heterocycles. The van der Waals surface area contributed by atoms with Crippen molar-refractivity contribution in [2.45, 2.75) is 20.0 Å². The first-order valence-electron chi connectivity index (χ1n) is 4.56. The van der Waals surface area contributed by atoms with Gasteiger partial charge in [-0.1, -0.05) is 13.0 Å². The highest BCUT2D eigenvalue weighted by atomic mass is 127. The van der Waals surface area contributed by atoms with Gasteiger partial charge in [0.05, 0.1) is 6.61 Å². The van der Waals surface area contributed by atoms with Crippen molar-refractivity contribution >= 4 is 44.0 Å². The van der Waals surface area contributed by atoms with Gasteiger partial charge in [0.25, 0.3) is 0 Å². The number of aliphatic hydroxyl groups is 1. The van der Waals surface area contributed by atoms with Crippen molar-refractivity contribution in [2.75, 3.05) is 0 Å². The maximum atomic E-state index is 9.24. The highest BCUT2D eigenvalue weighted by molar-refractivity contribution is 14.1. The molecule has 1 heterocycles. The van der Waals surface area contributed by atoms with Crippen LogP contribution in [-0.4, -0.2) is 5.11 Å². The average molecular weight is 318 g/mol. The third kappa shape index (κ3) is 1.57. The lowest BCUT2D eigenvalue weighted by atomic mass is 10.1. The summed E-state index contributed by atoms with van der Waals surface area (Å²) in [6.07, 6.45) is 1.02. The van der Waals surface area contributed by atoms with Crippen LogP contribution < -0.4 is 0 Å². The quantitative estimate of drug-likeness (QED) is 0.840. The third-order valence-electron chi connectivity index (χ3n) is 2.39. The smallest absolute Gasteiger partial charge is 0.0692 e. The minimum absolute atomic E-state index is 0.138. The van der Waals surface area contributed by atoms with Crippen LogP contribution >= 0.6 is 33.9 Å². The number of aliphatic hydroxyl groups excluding tert-OH is 1. The second-order valence-corrected chi connectivity index (χ2v) is 5.18. The van der Waals surface area contributed by atoms with Crippen molar-refractivity contribution in [3.63, 3.8) is 0 Å². The summed E-state index contributed by atoms with van der Waals surface area (Å²) in [7, 11) is 0. The molecule has 0 radical (unpaired) electrons. The number of thiophene rings is 1. The van der Waals surface area contributed by atoms with E-state index in [1.165, 1.54) is 19.2 Å². The van der Waals surface area contributed by atoms with Crippen molar-refractivity contribution in [1.82, 2.24) is 0 Å². The van der Waals surface area contributed by atoms with Gasteiger partial charge < -0.3 is 5.11 Å². The first-order valence-corrected chi connectivity index (χ1v) is 6.52. The number of aryl methyl sites for hydroxylation is 1.